The normalized spacial score (nSPS) is 14.6. The van der Waals surface area contributed by atoms with Gasteiger partial charge in [0.1, 0.15) is 6.04 Å². The maximum atomic E-state index is 13.9. The summed E-state index contributed by atoms with van der Waals surface area (Å²) in [4.78, 5) is 62.5. The van der Waals surface area contributed by atoms with Gasteiger partial charge in [-0.3, -0.25) is 9.69 Å². The third-order valence-corrected chi connectivity index (χ3v) is 9.21. The first kappa shape index (κ1) is 37.7. The number of ether oxygens (including phenoxy) is 1. The molecule has 1 atom stereocenters. The van der Waals surface area contributed by atoms with Crippen LogP contribution in [0.3, 0.4) is 0 Å². The number of benzene rings is 3. The summed E-state index contributed by atoms with van der Waals surface area (Å²) in [5, 5.41) is 24.7. The Morgan fingerprint density at radius 1 is 0.962 bits per heavy atom. The number of carboxylic acids is 1. The number of nitrogens with zero attached hydrogens (tertiary/aromatic N) is 5. The summed E-state index contributed by atoms with van der Waals surface area (Å²) in [6, 6.07) is 18.4. The number of hydrogen-bond donors (Lipinski definition) is 4. The molecule has 1 aromatic heterocycles. The van der Waals surface area contributed by atoms with Crippen LogP contribution in [0, 0.1) is 0 Å². The molecule has 4 aromatic rings. The van der Waals surface area contributed by atoms with E-state index in [9.17, 15) is 29.4 Å². The minimum atomic E-state index is -1.23. The molecule has 3 aromatic carbocycles. The van der Waals surface area contributed by atoms with Crippen LogP contribution >= 0.6 is 0 Å². The van der Waals surface area contributed by atoms with Gasteiger partial charge in [0, 0.05) is 49.9 Å². The van der Waals surface area contributed by atoms with Crippen molar-refractivity contribution in [1.29, 1.82) is 0 Å². The maximum Gasteiger partial charge on any atom is 0.335 e. The number of aromatic hydroxyl groups is 1. The molecule has 14 heteroatoms. The fraction of sp³-hybridized carbons (Fsp3) is 0.342. The lowest BCUT2D eigenvalue weighted by Gasteiger charge is -2.32. The number of nitrogens with one attached hydrogen (secondary N) is 1. The number of carbonyl (C=O) groups excluding carboxylic acids is 3. The number of hydrogen-bond acceptors (Lipinski definition) is 10. The van der Waals surface area contributed by atoms with Gasteiger partial charge < -0.3 is 35.8 Å². The number of piperazine rings is 1. The summed E-state index contributed by atoms with van der Waals surface area (Å²) in [5.74, 6) is -2.44. The summed E-state index contributed by atoms with van der Waals surface area (Å²) in [6.45, 7) is 4.20. The third-order valence-electron chi connectivity index (χ3n) is 9.21. The van der Waals surface area contributed by atoms with E-state index in [0.29, 0.717) is 54.0 Å². The van der Waals surface area contributed by atoms with Crippen LogP contribution in [-0.4, -0.2) is 121 Å². The standard InChI is InChI=1S/C38H45N7O7/c1-42-19-21-44(22-20-42)24-32(46)43(2)28-15-13-27(14-16-28)40-34(25-9-5-4-6-10-25)33-29-17-12-26(36(48)49)23-31(29)45(35(33)47)38(51)41-30(37(50)52-3)11-7-8-18-39/h4-6,9-10,12-17,23,30,47H,7-8,11,18-22,24,39H2,1-3H3,(H,41,51)(H,48,49)/t30-/m0/s1. The first-order valence-electron chi connectivity index (χ1n) is 17.1. The first-order chi connectivity index (χ1) is 25.0. The van der Waals surface area contributed by atoms with Crippen molar-refractivity contribution in [3.8, 4) is 5.88 Å². The summed E-state index contributed by atoms with van der Waals surface area (Å²) in [5.41, 5.74) is 7.87. The molecule has 0 bridgehead atoms. The molecule has 14 nitrogen and oxygen atoms in total. The van der Waals surface area contributed by atoms with Crippen LogP contribution < -0.4 is 16.0 Å². The van der Waals surface area contributed by atoms with E-state index in [1.54, 1.807) is 48.3 Å². The lowest BCUT2D eigenvalue weighted by molar-refractivity contribution is -0.143. The van der Waals surface area contributed by atoms with Gasteiger partial charge in [0.15, 0.2) is 0 Å². The number of amides is 2. The molecule has 1 aliphatic rings. The highest BCUT2D eigenvalue weighted by Gasteiger charge is 2.29. The number of aliphatic imine (C=N–C) groups is 1. The number of nitrogens with two attached hydrogens (primary N) is 1. The maximum absolute atomic E-state index is 13.9. The first-order valence-corrected chi connectivity index (χ1v) is 17.1. The fourth-order valence-corrected chi connectivity index (χ4v) is 6.13. The molecule has 0 spiro atoms. The molecule has 5 N–H and O–H groups in total. The number of carboxylic acid groups (broad SMARTS) is 1. The number of methoxy groups -OCH3 is 1. The van der Waals surface area contributed by atoms with Crippen molar-refractivity contribution in [1.82, 2.24) is 19.7 Å². The van der Waals surface area contributed by atoms with Gasteiger partial charge in [-0.2, -0.15) is 0 Å². The van der Waals surface area contributed by atoms with Crippen LogP contribution in [0.1, 0.15) is 40.7 Å². The minimum absolute atomic E-state index is 0.0312. The van der Waals surface area contributed by atoms with E-state index in [-0.39, 0.29) is 29.0 Å². The van der Waals surface area contributed by atoms with Crippen LogP contribution in [0.5, 0.6) is 5.88 Å². The van der Waals surface area contributed by atoms with Gasteiger partial charge in [-0.1, -0.05) is 36.4 Å². The van der Waals surface area contributed by atoms with Gasteiger partial charge in [0.2, 0.25) is 11.8 Å². The second-order valence-electron chi connectivity index (χ2n) is 12.8. The molecule has 1 aliphatic heterocycles. The Morgan fingerprint density at radius 2 is 1.65 bits per heavy atom. The van der Waals surface area contributed by atoms with Crippen molar-refractivity contribution in [2.75, 3.05) is 65.4 Å². The van der Waals surface area contributed by atoms with E-state index in [2.05, 4.69) is 22.2 Å². The number of esters is 1. The van der Waals surface area contributed by atoms with Crippen LogP contribution in [-0.2, 0) is 14.3 Å². The highest BCUT2D eigenvalue weighted by Crippen LogP contribution is 2.35. The quantitative estimate of drug-likeness (QED) is 0.0908. The van der Waals surface area contributed by atoms with Crippen LogP contribution in [0.2, 0.25) is 0 Å². The highest BCUT2D eigenvalue weighted by molar-refractivity contribution is 6.23. The monoisotopic (exact) mass is 711 g/mol. The topological polar surface area (TPSA) is 183 Å². The minimum Gasteiger partial charge on any atom is -0.494 e. The summed E-state index contributed by atoms with van der Waals surface area (Å²) in [7, 11) is 5.01. The van der Waals surface area contributed by atoms with Crippen molar-refractivity contribution >= 4 is 51.9 Å². The second-order valence-corrected chi connectivity index (χ2v) is 12.8. The fourth-order valence-electron chi connectivity index (χ4n) is 6.13. The SMILES string of the molecule is COC(=O)[C@H](CCCCN)NC(=O)n1c(O)c(C(=Nc2ccc(N(C)C(=O)CN3CCN(C)CC3)cc2)c2ccccc2)c2ccc(C(=O)O)cc21. The van der Waals surface area contributed by atoms with Crippen LogP contribution in [0.25, 0.3) is 10.9 Å². The molecule has 2 heterocycles. The van der Waals surface area contributed by atoms with Crippen molar-refractivity contribution in [2.24, 2.45) is 10.7 Å². The molecule has 2 amide bonds. The number of rotatable bonds is 13. The Labute approximate surface area is 302 Å². The van der Waals surface area contributed by atoms with E-state index in [4.69, 9.17) is 15.5 Å². The molecule has 52 heavy (non-hydrogen) atoms. The number of aromatic nitrogens is 1. The number of unbranched alkanes of at least 4 members (excludes halogenated alkanes) is 1. The lowest BCUT2D eigenvalue weighted by atomic mass is 10.00. The van der Waals surface area contributed by atoms with Crippen LogP contribution in [0.15, 0.2) is 77.8 Å². The molecule has 0 unspecified atom stereocenters. The Hall–Kier alpha value is -5.57. The van der Waals surface area contributed by atoms with Crippen molar-refractivity contribution in [3.05, 3.63) is 89.5 Å². The number of anilines is 1. The van der Waals surface area contributed by atoms with E-state index < -0.39 is 29.9 Å². The molecule has 0 aliphatic carbocycles. The van der Waals surface area contributed by atoms with Gasteiger partial charge in [-0.05, 0) is 69.3 Å². The molecule has 1 fully saturated rings. The van der Waals surface area contributed by atoms with E-state index in [1.165, 1.54) is 25.3 Å². The summed E-state index contributed by atoms with van der Waals surface area (Å²) in [6.07, 6.45) is 1.40. The summed E-state index contributed by atoms with van der Waals surface area (Å²) < 4.78 is 5.85. The predicted octanol–water partition coefficient (Wildman–Crippen LogP) is 3.65. The summed E-state index contributed by atoms with van der Waals surface area (Å²) >= 11 is 0. The molecule has 274 valence electrons. The second kappa shape index (κ2) is 17.1. The zero-order valence-corrected chi connectivity index (χ0v) is 29.6. The zero-order valence-electron chi connectivity index (χ0n) is 29.6. The lowest BCUT2D eigenvalue weighted by Crippen LogP contribution is -2.48. The smallest absolute Gasteiger partial charge is 0.335 e. The van der Waals surface area contributed by atoms with Crippen molar-refractivity contribution < 1.29 is 34.1 Å². The largest absolute Gasteiger partial charge is 0.494 e. The molecule has 0 radical (unpaired) electrons. The number of aromatic carboxylic acids is 1. The molecular formula is C38H45N7O7. The van der Waals surface area contributed by atoms with Gasteiger partial charge in [-0.25, -0.2) is 23.9 Å². The van der Waals surface area contributed by atoms with E-state index in [1.807, 2.05) is 18.2 Å². The van der Waals surface area contributed by atoms with E-state index in [0.717, 1.165) is 30.7 Å². The molecule has 1 saturated heterocycles. The third kappa shape index (κ3) is 8.65. The van der Waals surface area contributed by atoms with Gasteiger partial charge >= 0.3 is 18.0 Å². The number of likely N-dealkylation sites (N-methyl/N-ethyl adjacent to an activating group) is 2. The molecular weight excluding hydrogens is 666 g/mol. The van der Waals surface area contributed by atoms with Crippen molar-refractivity contribution in [3.63, 3.8) is 0 Å². The molecule has 0 saturated carbocycles. The Bertz CT molecular complexity index is 1930. The molecule has 5 rings (SSSR count). The van der Waals surface area contributed by atoms with Crippen LogP contribution in [0.4, 0.5) is 16.2 Å². The average Bonchev–Trinajstić information content (AvgIpc) is 3.44. The van der Waals surface area contributed by atoms with Gasteiger partial charge in [0.05, 0.1) is 41.7 Å². The van der Waals surface area contributed by atoms with Gasteiger partial charge in [0.25, 0.3) is 0 Å². The Balaban J connectivity index is 1.55. The zero-order chi connectivity index (χ0) is 37.4. The van der Waals surface area contributed by atoms with Gasteiger partial charge in [-0.15, -0.1) is 0 Å². The Morgan fingerprint density at radius 3 is 2.29 bits per heavy atom. The number of carbonyl (C=O) groups is 4. The highest BCUT2D eigenvalue weighted by atomic mass is 16.5. The number of fused-ring (bicyclic) bond motifs is 1. The predicted molar refractivity (Wildman–Crippen MR) is 199 cm³/mol. The van der Waals surface area contributed by atoms with Crippen molar-refractivity contribution in [2.45, 2.75) is 25.3 Å². The Kier molecular flexibility index (Phi) is 12.4. The average molecular weight is 712 g/mol. The van der Waals surface area contributed by atoms with E-state index >= 15 is 0 Å².